The van der Waals surface area contributed by atoms with Crippen molar-refractivity contribution >= 4 is 27.5 Å². The minimum absolute atomic E-state index is 0.185. The lowest BCUT2D eigenvalue weighted by molar-refractivity contribution is -0.122. The number of carbonyl (C=O) groups is 2. The van der Waals surface area contributed by atoms with Gasteiger partial charge in [0.05, 0.1) is 17.5 Å². The average Bonchev–Trinajstić information content (AvgIpc) is 2.63. The molecule has 120 valence electrons. The van der Waals surface area contributed by atoms with E-state index in [1.807, 2.05) is 0 Å². The smallest absolute Gasteiger partial charge is 0.254 e. The number of rotatable bonds is 4. The molecule has 8 heteroatoms. The van der Waals surface area contributed by atoms with Gasteiger partial charge >= 0.3 is 0 Å². The lowest BCUT2D eigenvalue weighted by Crippen LogP contribution is -2.45. The highest BCUT2D eigenvalue weighted by Crippen LogP contribution is 2.17. The maximum Gasteiger partial charge on any atom is 0.254 e. The molecule has 22 heavy (non-hydrogen) atoms. The molecule has 1 aliphatic heterocycles. The molecule has 1 atom stereocenters. The molecule has 0 radical (unpaired) electrons. The topological polar surface area (TPSA) is 104 Å². The molecule has 2 amide bonds. The number of anilines is 1. The predicted octanol–water partition coefficient (Wildman–Crippen LogP) is 0.457. The van der Waals surface area contributed by atoms with Crippen LogP contribution in [0.15, 0.2) is 24.3 Å². The van der Waals surface area contributed by atoms with Crippen LogP contribution in [-0.2, 0) is 14.8 Å². The number of para-hydroxylation sites is 1. The summed E-state index contributed by atoms with van der Waals surface area (Å²) in [4.78, 5) is 24.2. The van der Waals surface area contributed by atoms with Crippen LogP contribution in [0, 0.1) is 0 Å². The van der Waals surface area contributed by atoms with Crippen molar-refractivity contribution in [3.8, 4) is 0 Å². The van der Waals surface area contributed by atoms with Crippen molar-refractivity contribution in [2.45, 2.75) is 25.3 Å². The monoisotopic (exact) mass is 325 g/mol. The van der Waals surface area contributed by atoms with Gasteiger partial charge in [0.1, 0.15) is 6.04 Å². The van der Waals surface area contributed by atoms with E-state index in [2.05, 4.69) is 15.4 Å². The Morgan fingerprint density at radius 3 is 2.73 bits per heavy atom. The molecule has 1 fully saturated rings. The molecule has 2 rings (SSSR count). The van der Waals surface area contributed by atoms with E-state index in [1.54, 1.807) is 12.1 Å². The van der Waals surface area contributed by atoms with Crippen LogP contribution in [0.4, 0.5) is 5.69 Å². The van der Waals surface area contributed by atoms with Crippen LogP contribution >= 0.6 is 0 Å². The maximum atomic E-state index is 12.4. The molecule has 0 bridgehead atoms. The lowest BCUT2D eigenvalue weighted by atomic mass is 10.1. The number of amides is 2. The standard InChI is InChI=1S/C14H19N3O4S/c1-22(20,21)17-11-7-3-2-6-10(11)13(18)16-12-8-4-5-9-15-14(12)19/h2-3,6-7,12,17H,4-5,8-9H2,1H3,(H,15,19)(H,16,18). The maximum absolute atomic E-state index is 12.4. The van der Waals surface area contributed by atoms with Crippen molar-refractivity contribution in [2.24, 2.45) is 0 Å². The number of sulfonamides is 1. The first-order valence-electron chi connectivity index (χ1n) is 7.02. The fourth-order valence-electron chi connectivity index (χ4n) is 2.28. The van der Waals surface area contributed by atoms with Crippen molar-refractivity contribution < 1.29 is 18.0 Å². The van der Waals surface area contributed by atoms with E-state index in [0.29, 0.717) is 13.0 Å². The number of nitrogens with one attached hydrogen (secondary N) is 3. The minimum Gasteiger partial charge on any atom is -0.354 e. The fourth-order valence-corrected chi connectivity index (χ4v) is 2.86. The summed E-state index contributed by atoms with van der Waals surface area (Å²) in [5.41, 5.74) is 0.376. The van der Waals surface area contributed by atoms with Crippen LogP contribution in [0.1, 0.15) is 29.6 Å². The van der Waals surface area contributed by atoms with Gasteiger partial charge in [0, 0.05) is 6.54 Å². The largest absolute Gasteiger partial charge is 0.354 e. The summed E-state index contributed by atoms with van der Waals surface area (Å²) in [7, 11) is -3.49. The number of carbonyl (C=O) groups excluding carboxylic acids is 2. The molecule has 0 aromatic heterocycles. The van der Waals surface area contributed by atoms with Gasteiger partial charge in [-0.2, -0.15) is 0 Å². The Balaban J connectivity index is 2.17. The molecule has 1 aliphatic rings. The van der Waals surface area contributed by atoms with Gasteiger partial charge < -0.3 is 10.6 Å². The first kappa shape index (κ1) is 16.3. The highest BCUT2D eigenvalue weighted by atomic mass is 32.2. The number of hydrogen-bond donors (Lipinski definition) is 3. The second-order valence-electron chi connectivity index (χ2n) is 5.23. The second-order valence-corrected chi connectivity index (χ2v) is 6.98. The number of hydrogen-bond acceptors (Lipinski definition) is 4. The molecule has 1 saturated heterocycles. The van der Waals surface area contributed by atoms with E-state index in [4.69, 9.17) is 0 Å². The lowest BCUT2D eigenvalue weighted by Gasteiger charge is -2.17. The van der Waals surface area contributed by atoms with Crippen LogP contribution < -0.4 is 15.4 Å². The zero-order valence-electron chi connectivity index (χ0n) is 12.3. The third-order valence-corrected chi connectivity index (χ3v) is 3.90. The summed E-state index contributed by atoms with van der Waals surface area (Å²) < 4.78 is 25.0. The van der Waals surface area contributed by atoms with Gasteiger partial charge in [0.25, 0.3) is 5.91 Å². The zero-order valence-corrected chi connectivity index (χ0v) is 13.1. The Bertz CT molecular complexity index is 672. The first-order chi connectivity index (χ1) is 10.4. The molecule has 7 nitrogen and oxygen atoms in total. The predicted molar refractivity (Wildman–Crippen MR) is 83.0 cm³/mol. The van der Waals surface area contributed by atoms with Crippen LogP contribution in [0.3, 0.4) is 0 Å². The van der Waals surface area contributed by atoms with Crippen LogP contribution in [0.5, 0.6) is 0 Å². The summed E-state index contributed by atoms with van der Waals surface area (Å²) in [5.74, 6) is -0.687. The van der Waals surface area contributed by atoms with Gasteiger partial charge in [-0.3, -0.25) is 14.3 Å². The van der Waals surface area contributed by atoms with E-state index in [1.165, 1.54) is 12.1 Å². The quantitative estimate of drug-likeness (QED) is 0.748. The fraction of sp³-hybridized carbons (Fsp3) is 0.429. The van der Waals surface area contributed by atoms with Gasteiger partial charge in [-0.05, 0) is 31.4 Å². The SMILES string of the molecule is CS(=O)(=O)Nc1ccccc1C(=O)NC1CCCCNC1=O. The van der Waals surface area contributed by atoms with Gasteiger partial charge in [-0.15, -0.1) is 0 Å². The average molecular weight is 325 g/mol. The highest BCUT2D eigenvalue weighted by molar-refractivity contribution is 7.92. The van der Waals surface area contributed by atoms with Gasteiger partial charge in [0.2, 0.25) is 15.9 Å². The molecule has 0 spiro atoms. The molecule has 0 aliphatic carbocycles. The van der Waals surface area contributed by atoms with E-state index >= 15 is 0 Å². The Morgan fingerprint density at radius 2 is 2.00 bits per heavy atom. The molecular formula is C14H19N3O4S. The Kier molecular flexibility index (Phi) is 5.02. The first-order valence-corrected chi connectivity index (χ1v) is 8.91. The van der Waals surface area contributed by atoms with Crippen molar-refractivity contribution in [1.82, 2.24) is 10.6 Å². The van der Waals surface area contributed by atoms with E-state index in [0.717, 1.165) is 19.1 Å². The Hall–Kier alpha value is -2.09. The van der Waals surface area contributed by atoms with E-state index in [-0.39, 0.29) is 17.2 Å². The van der Waals surface area contributed by atoms with Crippen molar-refractivity contribution in [1.29, 1.82) is 0 Å². The normalized spacial score (nSPS) is 19.0. The molecule has 1 unspecified atom stereocenters. The van der Waals surface area contributed by atoms with Crippen LogP contribution in [0.25, 0.3) is 0 Å². The van der Waals surface area contributed by atoms with Crippen molar-refractivity contribution in [3.63, 3.8) is 0 Å². The summed E-state index contributed by atoms with van der Waals surface area (Å²) in [6, 6.07) is 5.68. The number of benzene rings is 1. The third kappa shape index (κ3) is 4.45. The molecule has 1 aromatic rings. The molecule has 1 heterocycles. The van der Waals surface area contributed by atoms with E-state index in [9.17, 15) is 18.0 Å². The third-order valence-electron chi connectivity index (χ3n) is 3.31. The summed E-state index contributed by atoms with van der Waals surface area (Å²) in [6.45, 7) is 0.609. The van der Waals surface area contributed by atoms with Gasteiger partial charge in [0.15, 0.2) is 0 Å². The zero-order chi connectivity index (χ0) is 16.2. The molecular weight excluding hydrogens is 306 g/mol. The van der Waals surface area contributed by atoms with Crippen LogP contribution in [0.2, 0.25) is 0 Å². The highest BCUT2D eigenvalue weighted by Gasteiger charge is 2.24. The van der Waals surface area contributed by atoms with Gasteiger partial charge in [-0.1, -0.05) is 12.1 Å². The molecule has 1 aromatic carbocycles. The summed E-state index contributed by atoms with van der Waals surface area (Å²) in [5, 5.41) is 5.40. The molecule has 0 saturated carbocycles. The minimum atomic E-state index is -3.49. The summed E-state index contributed by atoms with van der Waals surface area (Å²) in [6.07, 6.45) is 3.30. The Morgan fingerprint density at radius 1 is 1.27 bits per heavy atom. The van der Waals surface area contributed by atoms with Gasteiger partial charge in [-0.25, -0.2) is 8.42 Å². The Labute approximate surface area is 129 Å². The van der Waals surface area contributed by atoms with Crippen LogP contribution in [-0.4, -0.2) is 39.1 Å². The van der Waals surface area contributed by atoms with E-state index < -0.39 is 22.0 Å². The molecule has 3 N–H and O–H groups in total. The van der Waals surface area contributed by atoms with Crippen molar-refractivity contribution in [3.05, 3.63) is 29.8 Å². The second kappa shape index (κ2) is 6.78. The van der Waals surface area contributed by atoms with Crippen molar-refractivity contribution in [2.75, 3.05) is 17.5 Å². The summed E-state index contributed by atoms with van der Waals surface area (Å²) >= 11 is 0.